The fourth-order valence-electron chi connectivity index (χ4n) is 3.77. The Morgan fingerprint density at radius 1 is 0.970 bits per heavy atom. The Labute approximate surface area is 196 Å². The van der Waals surface area contributed by atoms with Gasteiger partial charge in [-0.2, -0.15) is 0 Å². The van der Waals surface area contributed by atoms with E-state index >= 15 is 0 Å². The molecule has 1 amide bonds. The number of carbonyl (C=O) groups is 1. The van der Waals surface area contributed by atoms with Crippen LogP contribution in [0.2, 0.25) is 0 Å². The molecular formula is C27H33N3O3. The molecule has 2 aromatic carbocycles. The van der Waals surface area contributed by atoms with E-state index < -0.39 is 0 Å². The first-order chi connectivity index (χ1) is 15.9. The summed E-state index contributed by atoms with van der Waals surface area (Å²) >= 11 is 0. The van der Waals surface area contributed by atoms with E-state index in [0.29, 0.717) is 41.4 Å². The predicted octanol–water partition coefficient (Wildman–Crippen LogP) is 5.51. The van der Waals surface area contributed by atoms with Crippen molar-refractivity contribution in [3.63, 3.8) is 0 Å². The minimum Gasteiger partial charge on any atom is -0.493 e. The van der Waals surface area contributed by atoms with Crippen molar-refractivity contribution < 1.29 is 14.3 Å². The molecule has 3 rings (SSSR count). The Bertz CT molecular complexity index is 1030. The Kier molecular flexibility index (Phi) is 8.44. The number of pyridine rings is 1. The maximum Gasteiger partial charge on any atom is 0.255 e. The van der Waals surface area contributed by atoms with Crippen molar-refractivity contribution in [1.29, 1.82) is 0 Å². The highest BCUT2D eigenvalue weighted by Gasteiger charge is 2.15. The first-order valence-corrected chi connectivity index (χ1v) is 11.3. The minimum absolute atomic E-state index is 0.190. The van der Waals surface area contributed by atoms with Crippen molar-refractivity contribution in [3.05, 3.63) is 72.4 Å². The molecule has 1 aromatic heterocycles. The highest BCUT2D eigenvalue weighted by Crippen LogP contribution is 2.30. The van der Waals surface area contributed by atoms with Gasteiger partial charge in [0, 0.05) is 47.7 Å². The number of ether oxygens (including phenoxy) is 2. The van der Waals surface area contributed by atoms with E-state index in [0.717, 1.165) is 17.8 Å². The third kappa shape index (κ3) is 6.56. The number of hydrogen-bond donors (Lipinski definition) is 1. The monoisotopic (exact) mass is 447 g/mol. The second-order valence-corrected chi connectivity index (χ2v) is 8.39. The van der Waals surface area contributed by atoms with Crippen LogP contribution in [0, 0.1) is 0 Å². The summed E-state index contributed by atoms with van der Waals surface area (Å²) in [5.41, 5.74) is 3.05. The molecule has 0 radical (unpaired) electrons. The molecule has 0 saturated carbocycles. The second-order valence-electron chi connectivity index (χ2n) is 8.39. The van der Waals surface area contributed by atoms with Gasteiger partial charge in [0.15, 0.2) is 11.5 Å². The first-order valence-electron chi connectivity index (χ1n) is 11.3. The maximum atomic E-state index is 12.8. The molecule has 33 heavy (non-hydrogen) atoms. The average Bonchev–Trinajstić information content (AvgIpc) is 2.82. The Morgan fingerprint density at radius 2 is 1.70 bits per heavy atom. The zero-order chi connectivity index (χ0) is 23.8. The Morgan fingerprint density at radius 3 is 2.30 bits per heavy atom. The normalized spacial score (nSPS) is 11.2. The van der Waals surface area contributed by atoms with Crippen molar-refractivity contribution in [2.24, 2.45) is 0 Å². The van der Waals surface area contributed by atoms with E-state index in [1.807, 2.05) is 30.3 Å². The van der Waals surface area contributed by atoms with Gasteiger partial charge in [-0.25, -0.2) is 0 Å². The van der Waals surface area contributed by atoms with Crippen LogP contribution in [0.25, 0.3) is 11.3 Å². The van der Waals surface area contributed by atoms with Crippen LogP contribution in [0.4, 0.5) is 5.69 Å². The molecular weight excluding hydrogens is 414 g/mol. The predicted molar refractivity (Wildman–Crippen MR) is 133 cm³/mol. The number of carbonyl (C=O) groups excluding carboxylic acids is 1. The summed E-state index contributed by atoms with van der Waals surface area (Å²) < 4.78 is 11.5. The number of rotatable bonds is 10. The van der Waals surface area contributed by atoms with Crippen molar-refractivity contribution in [2.45, 2.75) is 39.8 Å². The molecule has 0 aliphatic carbocycles. The van der Waals surface area contributed by atoms with Gasteiger partial charge in [-0.1, -0.05) is 18.2 Å². The van der Waals surface area contributed by atoms with E-state index in [-0.39, 0.29) is 5.91 Å². The molecule has 0 aliphatic rings. The average molecular weight is 448 g/mol. The fraction of sp³-hybridized carbons (Fsp3) is 0.333. The highest BCUT2D eigenvalue weighted by atomic mass is 16.5. The van der Waals surface area contributed by atoms with Crippen LogP contribution in [0.15, 0.2) is 66.9 Å². The number of hydrogen-bond acceptors (Lipinski definition) is 5. The lowest BCUT2D eigenvalue weighted by Gasteiger charge is -2.30. The molecule has 0 unspecified atom stereocenters. The largest absolute Gasteiger partial charge is 0.493 e. The number of aromatic nitrogens is 1. The van der Waals surface area contributed by atoms with Gasteiger partial charge in [0.05, 0.1) is 12.8 Å². The fourth-order valence-corrected chi connectivity index (χ4v) is 3.77. The van der Waals surface area contributed by atoms with E-state index in [1.54, 1.807) is 43.6 Å². The molecule has 0 aliphatic heterocycles. The van der Waals surface area contributed by atoms with Crippen LogP contribution in [0.3, 0.4) is 0 Å². The van der Waals surface area contributed by atoms with Gasteiger partial charge in [-0.15, -0.1) is 0 Å². The van der Waals surface area contributed by atoms with E-state index in [9.17, 15) is 4.79 Å². The van der Waals surface area contributed by atoms with Crippen molar-refractivity contribution in [2.75, 3.05) is 25.6 Å². The summed E-state index contributed by atoms with van der Waals surface area (Å²) in [7, 11) is 1.61. The molecule has 1 heterocycles. The van der Waals surface area contributed by atoms with Crippen LogP contribution in [0.5, 0.6) is 11.5 Å². The van der Waals surface area contributed by atoms with Crippen LogP contribution in [-0.4, -0.2) is 48.1 Å². The number of amides is 1. The van der Waals surface area contributed by atoms with Crippen LogP contribution in [-0.2, 0) is 0 Å². The van der Waals surface area contributed by atoms with E-state index in [4.69, 9.17) is 9.47 Å². The Balaban J connectivity index is 1.66. The summed E-state index contributed by atoms with van der Waals surface area (Å²) in [4.78, 5) is 19.5. The van der Waals surface area contributed by atoms with Crippen molar-refractivity contribution >= 4 is 11.6 Å². The lowest BCUT2D eigenvalue weighted by atomic mass is 10.1. The number of nitrogens with one attached hydrogen (secondary N) is 1. The van der Waals surface area contributed by atoms with Gasteiger partial charge in [0.2, 0.25) is 0 Å². The molecule has 1 N–H and O–H groups in total. The summed E-state index contributed by atoms with van der Waals surface area (Å²) in [5.74, 6) is 1.05. The van der Waals surface area contributed by atoms with Gasteiger partial charge in [0.1, 0.15) is 6.61 Å². The molecule has 6 nitrogen and oxygen atoms in total. The third-order valence-electron chi connectivity index (χ3n) is 5.46. The standard InChI is InChI=1S/C27H33N3O3/c1-19(2)30(20(3)4)16-17-33-26-18-23(13-14-25(26)32-5)29-27(31)22-11-9-21(10-12-22)24-8-6-7-15-28-24/h6-15,18-20H,16-17H2,1-5H3,(H,29,31). The summed E-state index contributed by atoms with van der Waals surface area (Å²) in [6.45, 7) is 10.1. The quantitative estimate of drug-likeness (QED) is 0.444. The van der Waals surface area contributed by atoms with Crippen LogP contribution >= 0.6 is 0 Å². The van der Waals surface area contributed by atoms with Gasteiger partial charge >= 0.3 is 0 Å². The number of methoxy groups -OCH3 is 1. The topological polar surface area (TPSA) is 63.7 Å². The van der Waals surface area contributed by atoms with Crippen molar-refractivity contribution in [3.8, 4) is 22.8 Å². The lowest BCUT2D eigenvalue weighted by Crippen LogP contribution is -2.39. The first kappa shape index (κ1) is 24.3. The van der Waals surface area contributed by atoms with Gasteiger partial charge in [0.25, 0.3) is 5.91 Å². The number of nitrogens with zero attached hydrogens (tertiary/aromatic N) is 2. The van der Waals surface area contributed by atoms with Gasteiger partial charge in [-0.3, -0.25) is 14.7 Å². The molecule has 3 aromatic rings. The highest BCUT2D eigenvalue weighted by molar-refractivity contribution is 6.04. The van der Waals surface area contributed by atoms with Crippen LogP contribution < -0.4 is 14.8 Å². The third-order valence-corrected chi connectivity index (χ3v) is 5.46. The smallest absolute Gasteiger partial charge is 0.255 e. The minimum atomic E-state index is -0.190. The lowest BCUT2D eigenvalue weighted by molar-refractivity contribution is 0.102. The van der Waals surface area contributed by atoms with E-state index in [1.165, 1.54) is 0 Å². The maximum absolute atomic E-state index is 12.8. The SMILES string of the molecule is COc1ccc(NC(=O)c2ccc(-c3ccccn3)cc2)cc1OCCN(C(C)C)C(C)C. The van der Waals surface area contributed by atoms with E-state index in [2.05, 4.69) is 42.9 Å². The van der Waals surface area contributed by atoms with Crippen molar-refractivity contribution in [1.82, 2.24) is 9.88 Å². The number of anilines is 1. The zero-order valence-electron chi connectivity index (χ0n) is 20.0. The molecule has 0 bridgehead atoms. The molecule has 6 heteroatoms. The summed E-state index contributed by atoms with van der Waals surface area (Å²) in [6, 6.07) is 19.4. The van der Waals surface area contributed by atoms with Crippen LogP contribution in [0.1, 0.15) is 38.1 Å². The van der Waals surface area contributed by atoms with Gasteiger partial charge in [-0.05, 0) is 64.1 Å². The second kappa shape index (κ2) is 11.5. The Hall–Kier alpha value is -3.38. The number of benzene rings is 2. The molecule has 174 valence electrons. The molecule has 0 fully saturated rings. The summed E-state index contributed by atoms with van der Waals surface area (Å²) in [5, 5.41) is 2.94. The summed E-state index contributed by atoms with van der Waals surface area (Å²) in [6.07, 6.45) is 1.75. The molecule has 0 atom stereocenters. The molecule has 0 saturated heterocycles. The van der Waals surface area contributed by atoms with Gasteiger partial charge < -0.3 is 14.8 Å². The zero-order valence-corrected chi connectivity index (χ0v) is 20.0. The molecule has 0 spiro atoms.